The number of imidazole rings is 1. The Morgan fingerprint density at radius 2 is 1.77 bits per heavy atom. The van der Waals surface area contributed by atoms with E-state index in [1.165, 1.54) is 0 Å². The van der Waals surface area contributed by atoms with Crippen LogP contribution >= 0.6 is 11.6 Å². The Hall–Kier alpha value is -3.22. The van der Waals surface area contributed by atoms with E-state index in [0.717, 1.165) is 46.9 Å². The smallest absolute Gasteiger partial charge is 0.155 e. The predicted molar refractivity (Wildman–Crippen MR) is 125 cm³/mol. The van der Waals surface area contributed by atoms with Gasteiger partial charge in [0.25, 0.3) is 0 Å². The number of morpholine rings is 1. The van der Waals surface area contributed by atoms with E-state index in [-0.39, 0.29) is 0 Å². The third-order valence-corrected chi connectivity index (χ3v) is 5.56. The first-order chi connectivity index (χ1) is 15.2. The molecule has 0 amide bonds. The van der Waals surface area contributed by atoms with Gasteiger partial charge in [-0.1, -0.05) is 41.9 Å². The molecule has 1 aliphatic rings. The summed E-state index contributed by atoms with van der Waals surface area (Å²) in [5, 5.41) is 1.63. The Kier molecular flexibility index (Phi) is 5.40. The van der Waals surface area contributed by atoms with Crippen molar-refractivity contribution in [3.05, 3.63) is 71.4 Å². The molecule has 0 bridgehead atoms. The van der Waals surface area contributed by atoms with Crippen molar-refractivity contribution in [2.45, 2.75) is 0 Å². The third kappa shape index (κ3) is 4.17. The fraction of sp³-hybridized carbons (Fsp3) is 0.208. The van der Waals surface area contributed by atoms with Crippen LogP contribution in [0.2, 0.25) is 5.02 Å². The molecule has 5 rings (SSSR count). The molecule has 3 heterocycles. The van der Waals surface area contributed by atoms with Crippen molar-refractivity contribution in [1.29, 1.82) is 0 Å². The zero-order valence-electron chi connectivity index (χ0n) is 17.2. The number of fused-ring (bicyclic) bond motifs is 1. The summed E-state index contributed by atoms with van der Waals surface area (Å²) in [7, 11) is 1.99. The zero-order chi connectivity index (χ0) is 21.2. The molecule has 2 aromatic heterocycles. The van der Waals surface area contributed by atoms with Crippen LogP contribution in [0.1, 0.15) is 11.6 Å². The number of nitrogens with zero attached hydrogens (tertiary/aromatic N) is 5. The minimum Gasteiger partial charge on any atom is -0.378 e. The van der Waals surface area contributed by atoms with E-state index in [0.29, 0.717) is 24.1 Å². The van der Waals surface area contributed by atoms with Gasteiger partial charge in [-0.2, -0.15) is 0 Å². The number of ether oxygens (including phenoxy) is 1. The van der Waals surface area contributed by atoms with E-state index in [1.807, 2.05) is 66.4 Å². The quantitative estimate of drug-likeness (QED) is 0.469. The fourth-order valence-electron chi connectivity index (χ4n) is 3.73. The van der Waals surface area contributed by atoms with Crippen LogP contribution in [0.3, 0.4) is 0 Å². The van der Waals surface area contributed by atoms with E-state index >= 15 is 0 Å². The molecule has 0 unspecified atom stereocenters. The van der Waals surface area contributed by atoms with Crippen molar-refractivity contribution in [2.75, 3.05) is 31.2 Å². The Morgan fingerprint density at radius 3 is 2.58 bits per heavy atom. The van der Waals surface area contributed by atoms with Crippen LogP contribution < -0.4 is 4.90 Å². The van der Waals surface area contributed by atoms with E-state index < -0.39 is 0 Å². The van der Waals surface area contributed by atoms with Crippen molar-refractivity contribution in [3.63, 3.8) is 0 Å². The lowest BCUT2D eigenvalue weighted by molar-refractivity contribution is 0.122. The summed E-state index contributed by atoms with van der Waals surface area (Å²) in [6.45, 7) is 2.96. The molecule has 31 heavy (non-hydrogen) atoms. The van der Waals surface area contributed by atoms with Gasteiger partial charge in [-0.15, -0.1) is 0 Å². The van der Waals surface area contributed by atoms with Crippen LogP contribution in [0.4, 0.5) is 5.82 Å². The number of rotatable bonds is 4. The van der Waals surface area contributed by atoms with Crippen LogP contribution in [0, 0.1) is 0 Å². The number of benzene rings is 2. The first kappa shape index (κ1) is 19.7. The molecular formula is C24H22ClN5O. The van der Waals surface area contributed by atoms with Crippen LogP contribution in [0.15, 0.2) is 54.7 Å². The highest BCUT2D eigenvalue weighted by atomic mass is 35.5. The Labute approximate surface area is 185 Å². The lowest BCUT2D eigenvalue weighted by Gasteiger charge is -2.28. The minimum absolute atomic E-state index is 0.639. The Balaban J connectivity index is 1.51. The van der Waals surface area contributed by atoms with Crippen LogP contribution in [-0.4, -0.2) is 45.8 Å². The van der Waals surface area contributed by atoms with Crippen molar-refractivity contribution in [1.82, 2.24) is 19.5 Å². The maximum Gasteiger partial charge on any atom is 0.155 e. The third-order valence-electron chi connectivity index (χ3n) is 5.33. The molecule has 0 N–H and O–H groups in total. The van der Waals surface area contributed by atoms with Crippen molar-refractivity contribution in [2.24, 2.45) is 7.05 Å². The molecule has 2 aromatic carbocycles. The summed E-state index contributed by atoms with van der Waals surface area (Å²) < 4.78 is 7.51. The second-order valence-electron chi connectivity index (χ2n) is 7.46. The maximum absolute atomic E-state index is 6.26. The van der Waals surface area contributed by atoms with Gasteiger partial charge >= 0.3 is 0 Å². The summed E-state index contributed by atoms with van der Waals surface area (Å²) in [5.74, 6) is 2.37. The van der Waals surface area contributed by atoms with Crippen molar-refractivity contribution >= 4 is 40.5 Å². The second-order valence-corrected chi connectivity index (χ2v) is 7.90. The molecule has 1 fully saturated rings. The number of hydrogen-bond acceptors (Lipinski definition) is 5. The number of aryl methyl sites for hydroxylation is 1. The molecule has 0 aliphatic carbocycles. The average molecular weight is 432 g/mol. The number of anilines is 1. The molecule has 156 valence electrons. The van der Waals surface area contributed by atoms with Gasteiger partial charge in [0, 0.05) is 42.3 Å². The topological polar surface area (TPSA) is 56.1 Å². The fourth-order valence-corrected chi connectivity index (χ4v) is 3.90. The van der Waals surface area contributed by atoms with Gasteiger partial charge in [0.1, 0.15) is 11.6 Å². The van der Waals surface area contributed by atoms with E-state index in [1.54, 1.807) is 0 Å². The van der Waals surface area contributed by atoms with Gasteiger partial charge in [-0.05, 0) is 30.4 Å². The summed E-state index contributed by atoms with van der Waals surface area (Å²) in [6, 6.07) is 15.9. The van der Waals surface area contributed by atoms with Gasteiger partial charge in [0.15, 0.2) is 5.82 Å². The Bertz CT molecular complexity index is 1250. The molecule has 0 radical (unpaired) electrons. The normalized spacial score (nSPS) is 14.6. The lowest BCUT2D eigenvalue weighted by atomic mass is 10.2. The van der Waals surface area contributed by atoms with Crippen molar-refractivity contribution in [3.8, 4) is 11.3 Å². The van der Waals surface area contributed by atoms with E-state index in [9.17, 15) is 0 Å². The van der Waals surface area contributed by atoms with Crippen LogP contribution in [-0.2, 0) is 11.8 Å². The summed E-state index contributed by atoms with van der Waals surface area (Å²) >= 11 is 6.26. The van der Waals surface area contributed by atoms with E-state index in [4.69, 9.17) is 31.3 Å². The lowest BCUT2D eigenvalue weighted by Crippen LogP contribution is -2.37. The largest absolute Gasteiger partial charge is 0.378 e. The highest BCUT2D eigenvalue weighted by Gasteiger charge is 2.17. The highest BCUT2D eigenvalue weighted by Crippen LogP contribution is 2.28. The van der Waals surface area contributed by atoms with Gasteiger partial charge in [0.05, 0.1) is 24.4 Å². The minimum atomic E-state index is 0.639. The molecule has 0 atom stereocenters. The maximum atomic E-state index is 6.26. The van der Waals surface area contributed by atoms with Crippen molar-refractivity contribution < 1.29 is 4.74 Å². The molecular weight excluding hydrogens is 410 g/mol. The van der Waals surface area contributed by atoms with Crippen LogP contribution in [0.25, 0.3) is 34.3 Å². The van der Waals surface area contributed by atoms with Crippen LogP contribution in [0.5, 0.6) is 0 Å². The molecule has 6 nitrogen and oxygen atoms in total. The molecule has 0 saturated carbocycles. The number of hydrogen-bond donors (Lipinski definition) is 0. The first-order valence-electron chi connectivity index (χ1n) is 10.2. The molecule has 7 heteroatoms. The first-order valence-corrected chi connectivity index (χ1v) is 10.6. The number of halogens is 1. The van der Waals surface area contributed by atoms with E-state index in [2.05, 4.69) is 17.0 Å². The predicted octanol–water partition coefficient (Wildman–Crippen LogP) is 4.69. The van der Waals surface area contributed by atoms with Gasteiger partial charge in [-0.3, -0.25) is 0 Å². The summed E-state index contributed by atoms with van der Waals surface area (Å²) in [6.07, 6.45) is 5.89. The monoisotopic (exact) mass is 431 g/mol. The number of aromatic nitrogens is 4. The second kappa shape index (κ2) is 8.49. The highest BCUT2D eigenvalue weighted by molar-refractivity contribution is 6.31. The molecule has 0 spiro atoms. The standard InChI is InChI=1S/C24H22ClN5O/c1-29-16-21(17-5-3-2-4-6-17)27-23(29)10-9-22-26-20-8-7-18(25)15-19(20)24(28-22)30-11-13-31-14-12-30/h2-10,15-16H,11-14H2,1H3/b10-9+. The summed E-state index contributed by atoms with van der Waals surface area (Å²) in [5.41, 5.74) is 2.89. The average Bonchev–Trinajstić information content (AvgIpc) is 3.19. The molecule has 1 saturated heterocycles. The summed E-state index contributed by atoms with van der Waals surface area (Å²) in [4.78, 5) is 16.6. The van der Waals surface area contributed by atoms with Gasteiger partial charge in [-0.25, -0.2) is 15.0 Å². The molecule has 4 aromatic rings. The zero-order valence-corrected chi connectivity index (χ0v) is 18.0. The van der Waals surface area contributed by atoms with Gasteiger partial charge in [0.2, 0.25) is 0 Å². The Morgan fingerprint density at radius 1 is 0.968 bits per heavy atom. The van der Waals surface area contributed by atoms with Gasteiger partial charge < -0.3 is 14.2 Å². The SMILES string of the molecule is Cn1cc(-c2ccccc2)nc1/C=C/c1nc(N2CCOCC2)c2cc(Cl)ccc2n1. The molecule has 1 aliphatic heterocycles.